The van der Waals surface area contributed by atoms with E-state index < -0.39 is 0 Å². The van der Waals surface area contributed by atoms with E-state index >= 15 is 0 Å². The molecule has 4 nitrogen and oxygen atoms in total. The summed E-state index contributed by atoms with van der Waals surface area (Å²) in [5.74, 6) is 2.01. The van der Waals surface area contributed by atoms with Gasteiger partial charge in [-0.15, -0.1) is 12.4 Å². The molecule has 0 unspecified atom stereocenters. The van der Waals surface area contributed by atoms with Gasteiger partial charge < -0.3 is 10.3 Å². The van der Waals surface area contributed by atoms with Crippen LogP contribution in [0.2, 0.25) is 0 Å². The zero-order valence-corrected chi connectivity index (χ0v) is 14.7. The minimum atomic E-state index is -0.372. The van der Waals surface area contributed by atoms with Crippen LogP contribution in [0.4, 0.5) is 0 Å². The number of nitrogens with two attached hydrogens (primary N) is 1. The highest BCUT2D eigenvalue weighted by molar-refractivity contribution is 5.85. The van der Waals surface area contributed by atoms with E-state index in [0.717, 1.165) is 32.1 Å². The Kier molecular flexibility index (Phi) is 5.82. The third-order valence-electron chi connectivity index (χ3n) is 4.43. The molecule has 2 aromatic rings. The Morgan fingerprint density at radius 3 is 2.35 bits per heavy atom. The Bertz CT molecular complexity index is 615. The van der Waals surface area contributed by atoms with E-state index in [2.05, 4.69) is 48.3 Å². The Morgan fingerprint density at radius 1 is 1.13 bits per heavy atom. The standard InChI is InChI=1S/C18H25N3O.ClH/c1-13(2)11-14-5-7-15(8-6-14)12-16-20-17(21-22-16)18(19)9-3-4-10-18;/h5-8,13H,3-4,9-12,19H2,1-2H3;1H. The van der Waals surface area contributed by atoms with Gasteiger partial charge in [-0.3, -0.25) is 0 Å². The van der Waals surface area contributed by atoms with Gasteiger partial charge in [0.05, 0.1) is 12.0 Å². The van der Waals surface area contributed by atoms with E-state index in [1.807, 2.05) is 0 Å². The zero-order chi connectivity index (χ0) is 15.6. The summed E-state index contributed by atoms with van der Waals surface area (Å²) < 4.78 is 5.40. The van der Waals surface area contributed by atoms with E-state index in [1.54, 1.807) is 0 Å². The maximum atomic E-state index is 6.37. The maximum Gasteiger partial charge on any atom is 0.231 e. The summed E-state index contributed by atoms with van der Waals surface area (Å²) in [7, 11) is 0. The molecule has 126 valence electrons. The van der Waals surface area contributed by atoms with Gasteiger partial charge in [0.1, 0.15) is 0 Å². The summed E-state index contributed by atoms with van der Waals surface area (Å²) in [6.45, 7) is 4.47. The van der Waals surface area contributed by atoms with E-state index in [9.17, 15) is 0 Å². The Labute approximate surface area is 144 Å². The van der Waals surface area contributed by atoms with Crippen LogP contribution in [0.5, 0.6) is 0 Å². The number of hydrogen-bond donors (Lipinski definition) is 1. The summed E-state index contributed by atoms with van der Waals surface area (Å²) in [5, 5.41) is 4.11. The minimum absolute atomic E-state index is 0. The molecular formula is C18H26ClN3O. The summed E-state index contributed by atoms with van der Waals surface area (Å²) >= 11 is 0. The van der Waals surface area contributed by atoms with Crippen LogP contribution in [0.1, 0.15) is 62.4 Å². The lowest BCUT2D eigenvalue weighted by Crippen LogP contribution is -2.34. The van der Waals surface area contributed by atoms with Crippen molar-refractivity contribution in [1.82, 2.24) is 10.1 Å². The van der Waals surface area contributed by atoms with Crippen LogP contribution in [0.15, 0.2) is 28.8 Å². The normalized spacial score (nSPS) is 16.5. The predicted octanol–water partition coefficient (Wildman–Crippen LogP) is 4.01. The van der Waals surface area contributed by atoms with E-state index in [1.165, 1.54) is 11.1 Å². The quantitative estimate of drug-likeness (QED) is 0.896. The molecule has 0 amide bonds. The molecule has 0 radical (unpaired) electrons. The third-order valence-corrected chi connectivity index (χ3v) is 4.43. The van der Waals surface area contributed by atoms with Crippen molar-refractivity contribution in [3.05, 3.63) is 47.1 Å². The number of rotatable bonds is 5. The van der Waals surface area contributed by atoms with Crippen LogP contribution in [0.3, 0.4) is 0 Å². The van der Waals surface area contributed by atoms with Gasteiger partial charge in [0.25, 0.3) is 0 Å². The highest BCUT2D eigenvalue weighted by Gasteiger charge is 2.35. The van der Waals surface area contributed by atoms with Gasteiger partial charge >= 0.3 is 0 Å². The fourth-order valence-electron chi connectivity index (χ4n) is 3.20. The molecule has 2 N–H and O–H groups in total. The van der Waals surface area contributed by atoms with Crippen LogP contribution < -0.4 is 5.73 Å². The first-order valence-electron chi connectivity index (χ1n) is 8.25. The first-order chi connectivity index (χ1) is 10.5. The van der Waals surface area contributed by atoms with Crippen molar-refractivity contribution in [1.29, 1.82) is 0 Å². The maximum absolute atomic E-state index is 6.37. The fourth-order valence-corrected chi connectivity index (χ4v) is 3.20. The van der Waals surface area contributed by atoms with Gasteiger partial charge in [-0.2, -0.15) is 4.98 Å². The number of nitrogens with zero attached hydrogens (tertiary/aromatic N) is 2. The van der Waals surface area contributed by atoms with Gasteiger partial charge in [0.2, 0.25) is 5.89 Å². The van der Waals surface area contributed by atoms with E-state index in [-0.39, 0.29) is 17.9 Å². The highest BCUT2D eigenvalue weighted by Crippen LogP contribution is 2.34. The van der Waals surface area contributed by atoms with Gasteiger partial charge in [0, 0.05) is 0 Å². The average Bonchev–Trinajstić information content (AvgIpc) is 3.11. The van der Waals surface area contributed by atoms with Crippen molar-refractivity contribution in [2.45, 2.75) is 57.9 Å². The van der Waals surface area contributed by atoms with E-state index in [0.29, 0.717) is 24.1 Å². The summed E-state index contributed by atoms with van der Waals surface area (Å²) in [6.07, 6.45) is 5.99. The Balaban J connectivity index is 0.00000192. The molecule has 1 aromatic carbocycles. The van der Waals surface area contributed by atoms with Crippen LogP contribution in [-0.4, -0.2) is 10.1 Å². The van der Waals surface area contributed by atoms with Gasteiger partial charge in [-0.1, -0.05) is 56.1 Å². The molecule has 3 rings (SSSR count). The molecule has 0 spiro atoms. The second-order valence-electron chi connectivity index (χ2n) is 6.97. The smallest absolute Gasteiger partial charge is 0.231 e. The fraction of sp³-hybridized carbons (Fsp3) is 0.556. The molecule has 0 saturated heterocycles. The zero-order valence-electron chi connectivity index (χ0n) is 13.9. The second-order valence-corrected chi connectivity index (χ2v) is 6.97. The van der Waals surface area contributed by atoms with Crippen LogP contribution in [0.25, 0.3) is 0 Å². The van der Waals surface area contributed by atoms with Crippen LogP contribution >= 0.6 is 12.4 Å². The first-order valence-corrected chi connectivity index (χ1v) is 8.25. The topological polar surface area (TPSA) is 64.9 Å². The number of halogens is 1. The van der Waals surface area contributed by atoms with Crippen LogP contribution in [0, 0.1) is 5.92 Å². The average molecular weight is 336 g/mol. The molecule has 1 saturated carbocycles. The number of aromatic nitrogens is 2. The summed E-state index contributed by atoms with van der Waals surface area (Å²) in [6, 6.07) is 8.67. The van der Waals surface area contributed by atoms with Crippen molar-refractivity contribution in [2.75, 3.05) is 0 Å². The Morgan fingerprint density at radius 2 is 1.74 bits per heavy atom. The van der Waals surface area contributed by atoms with Gasteiger partial charge in [-0.05, 0) is 36.3 Å². The number of benzene rings is 1. The van der Waals surface area contributed by atoms with Crippen molar-refractivity contribution in [2.24, 2.45) is 11.7 Å². The molecular weight excluding hydrogens is 310 g/mol. The molecule has 0 atom stereocenters. The lowest BCUT2D eigenvalue weighted by Gasteiger charge is -2.17. The van der Waals surface area contributed by atoms with Gasteiger partial charge in [-0.25, -0.2) is 0 Å². The van der Waals surface area contributed by atoms with Crippen molar-refractivity contribution < 1.29 is 4.52 Å². The molecule has 1 aliphatic carbocycles. The molecule has 0 aliphatic heterocycles. The molecule has 23 heavy (non-hydrogen) atoms. The minimum Gasteiger partial charge on any atom is -0.339 e. The third kappa shape index (κ3) is 4.33. The van der Waals surface area contributed by atoms with Crippen LogP contribution in [-0.2, 0) is 18.4 Å². The lowest BCUT2D eigenvalue weighted by atomic mass is 9.98. The number of hydrogen-bond acceptors (Lipinski definition) is 4. The Hall–Kier alpha value is -1.39. The monoisotopic (exact) mass is 335 g/mol. The molecule has 1 fully saturated rings. The highest BCUT2D eigenvalue weighted by atomic mass is 35.5. The molecule has 0 bridgehead atoms. The van der Waals surface area contributed by atoms with Crippen molar-refractivity contribution in [3.8, 4) is 0 Å². The van der Waals surface area contributed by atoms with Crippen molar-refractivity contribution >= 4 is 12.4 Å². The SMILES string of the molecule is CC(C)Cc1ccc(Cc2nc(C3(N)CCCC3)no2)cc1.Cl. The van der Waals surface area contributed by atoms with Gasteiger partial charge in [0.15, 0.2) is 5.82 Å². The predicted molar refractivity (Wildman–Crippen MR) is 93.7 cm³/mol. The lowest BCUT2D eigenvalue weighted by molar-refractivity contribution is 0.352. The molecule has 1 aliphatic rings. The second kappa shape index (κ2) is 7.45. The summed E-state index contributed by atoms with van der Waals surface area (Å²) in [5.41, 5.74) is 8.56. The molecule has 1 heterocycles. The largest absolute Gasteiger partial charge is 0.339 e. The first kappa shape index (κ1) is 18.0. The van der Waals surface area contributed by atoms with Crippen molar-refractivity contribution in [3.63, 3.8) is 0 Å². The van der Waals surface area contributed by atoms with E-state index in [4.69, 9.17) is 10.3 Å². The summed E-state index contributed by atoms with van der Waals surface area (Å²) in [4.78, 5) is 4.53. The molecule has 1 aromatic heterocycles. The molecule has 5 heteroatoms.